The van der Waals surface area contributed by atoms with E-state index in [9.17, 15) is 22.8 Å². The van der Waals surface area contributed by atoms with Crippen molar-refractivity contribution < 1.29 is 36.6 Å². The third-order valence-electron chi connectivity index (χ3n) is 7.31. The Kier molecular flexibility index (Phi) is 10.3. The Hall–Kier alpha value is -4.44. The summed E-state index contributed by atoms with van der Waals surface area (Å²) in [5, 5.41) is 6.73. The maximum absolute atomic E-state index is 15.2. The molecule has 2 heterocycles. The van der Waals surface area contributed by atoms with E-state index in [0.717, 1.165) is 4.57 Å². The second-order valence-corrected chi connectivity index (χ2v) is 10.6. The summed E-state index contributed by atoms with van der Waals surface area (Å²) in [4.78, 5) is 27.1. The van der Waals surface area contributed by atoms with E-state index in [4.69, 9.17) is 9.47 Å². The first kappa shape index (κ1) is 32.5. The van der Waals surface area contributed by atoms with Crippen LogP contribution in [-0.2, 0) is 16.1 Å². The Morgan fingerprint density at radius 3 is 2.55 bits per heavy atom. The highest BCUT2D eigenvalue weighted by Crippen LogP contribution is 2.32. The lowest BCUT2D eigenvalue weighted by Crippen LogP contribution is -2.50. The van der Waals surface area contributed by atoms with Gasteiger partial charge in [-0.2, -0.15) is 13.2 Å². The molecule has 1 fully saturated rings. The Labute approximate surface area is 253 Å². The number of amides is 1. The number of alkyl halides is 4. The lowest BCUT2D eigenvalue weighted by molar-refractivity contribution is -0.140. The number of benzene rings is 2. The summed E-state index contributed by atoms with van der Waals surface area (Å²) >= 11 is 0. The minimum atomic E-state index is -4.50. The molecule has 3 aromatic rings. The molecule has 1 amide bonds. The number of anilines is 2. The molecule has 13 heteroatoms. The molecule has 9 nitrogen and oxygen atoms in total. The van der Waals surface area contributed by atoms with Crippen molar-refractivity contribution in [2.75, 3.05) is 65.1 Å². The predicted octanol–water partition coefficient (Wildman–Crippen LogP) is 4.37. The van der Waals surface area contributed by atoms with Gasteiger partial charge in [-0.1, -0.05) is 12.0 Å². The first-order valence-electron chi connectivity index (χ1n) is 13.9. The topological polar surface area (TPSA) is 88.1 Å². The Morgan fingerprint density at radius 2 is 1.89 bits per heavy atom. The van der Waals surface area contributed by atoms with Crippen LogP contribution in [0.4, 0.5) is 28.9 Å². The van der Waals surface area contributed by atoms with Gasteiger partial charge in [-0.25, -0.2) is 9.18 Å². The van der Waals surface area contributed by atoms with Gasteiger partial charge in [0.2, 0.25) is 5.91 Å². The van der Waals surface area contributed by atoms with Crippen LogP contribution in [0.2, 0.25) is 0 Å². The minimum absolute atomic E-state index is 0.0717. The number of carbonyl (C=O) groups excluding carboxylic acids is 2. The zero-order valence-corrected chi connectivity index (χ0v) is 24.9. The third kappa shape index (κ3) is 7.93. The van der Waals surface area contributed by atoms with E-state index in [0.29, 0.717) is 46.6 Å². The molecular weight excluding hydrogens is 582 g/mol. The van der Waals surface area contributed by atoms with Crippen LogP contribution in [0, 0.1) is 11.8 Å². The highest BCUT2D eigenvalue weighted by Gasteiger charge is 2.32. The number of aromatic nitrogens is 1. The summed E-state index contributed by atoms with van der Waals surface area (Å²) in [6.45, 7) is -0.474. The van der Waals surface area contributed by atoms with Crippen LogP contribution in [-0.4, -0.2) is 99.1 Å². The van der Waals surface area contributed by atoms with E-state index in [1.54, 1.807) is 55.4 Å². The van der Waals surface area contributed by atoms with Crippen molar-refractivity contribution >= 4 is 34.2 Å². The number of rotatable bonds is 9. The number of carbonyl (C=O) groups is 2. The third-order valence-corrected chi connectivity index (χ3v) is 7.31. The molecule has 0 spiro atoms. The number of nitrogens with zero attached hydrogens (tertiary/aromatic N) is 3. The van der Waals surface area contributed by atoms with E-state index in [2.05, 4.69) is 22.5 Å². The van der Waals surface area contributed by atoms with Crippen LogP contribution in [0.5, 0.6) is 5.75 Å². The number of halogens is 4. The van der Waals surface area contributed by atoms with Gasteiger partial charge in [-0.3, -0.25) is 9.69 Å². The van der Waals surface area contributed by atoms with Crippen LogP contribution in [0.15, 0.2) is 42.5 Å². The first-order chi connectivity index (χ1) is 20.9. The largest absolute Gasteiger partial charge is 0.495 e. The molecule has 44 heavy (non-hydrogen) atoms. The van der Waals surface area contributed by atoms with Crippen molar-refractivity contribution in [3.63, 3.8) is 0 Å². The fourth-order valence-electron chi connectivity index (χ4n) is 5.03. The molecule has 1 aliphatic rings. The van der Waals surface area contributed by atoms with Crippen molar-refractivity contribution in [2.24, 2.45) is 0 Å². The number of hydrogen-bond donors (Lipinski definition) is 2. The molecule has 0 unspecified atom stereocenters. The lowest BCUT2D eigenvalue weighted by Gasteiger charge is -2.35. The van der Waals surface area contributed by atoms with Gasteiger partial charge in [0.05, 0.1) is 55.8 Å². The molecule has 0 saturated carbocycles. The average molecular weight is 618 g/mol. The fourth-order valence-corrected chi connectivity index (χ4v) is 5.03. The zero-order chi connectivity index (χ0) is 32.0. The Balaban J connectivity index is 1.54. The molecular formula is C31H35F4N5O4. The van der Waals surface area contributed by atoms with Crippen molar-refractivity contribution in [2.45, 2.75) is 31.4 Å². The van der Waals surface area contributed by atoms with Crippen molar-refractivity contribution in [3.05, 3.63) is 53.7 Å². The summed E-state index contributed by atoms with van der Waals surface area (Å²) in [6, 6.07) is 10.6. The SMILES string of the molecule is COC(=O)c1ccc(NCC#Cc2cc3c(N[C@@H]4CCN(CC(=O)N(C)C)C[C@@H]4F)cccc3n2CC(F)(F)F)c(OC)c1. The van der Waals surface area contributed by atoms with Gasteiger partial charge >= 0.3 is 12.1 Å². The molecule has 1 aromatic heterocycles. The number of ether oxygens (including phenoxy) is 2. The number of methoxy groups -OCH3 is 2. The van der Waals surface area contributed by atoms with E-state index in [-0.39, 0.29) is 31.2 Å². The van der Waals surface area contributed by atoms with Gasteiger partial charge in [0.25, 0.3) is 0 Å². The van der Waals surface area contributed by atoms with Crippen molar-refractivity contribution in [1.82, 2.24) is 14.4 Å². The number of likely N-dealkylation sites (N-methyl/N-ethyl adjacent to an activating group) is 1. The fraction of sp³-hybridized carbons (Fsp3) is 0.419. The Morgan fingerprint density at radius 1 is 1.11 bits per heavy atom. The number of fused-ring (bicyclic) bond motifs is 1. The quantitative estimate of drug-likeness (QED) is 0.210. The van der Waals surface area contributed by atoms with Crippen LogP contribution < -0.4 is 15.4 Å². The van der Waals surface area contributed by atoms with Gasteiger partial charge in [0, 0.05) is 38.3 Å². The summed E-state index contributed by atoms with van der Waals surface area (Å²) in [5.41, 5.74) is 1.80. The minimum Gasteiger partial charge on any atom is -0.495 e. The number of hydrogen-bond acceptors (Lipinski definition) is 7. The van der Waals surface area contributed by atoms with Gasteiger partial charge in [-0.05, 0) is 48.7 Å². The van der Waals surface area contributed by atoms with Gasteiger partial charge in [0.15, 0.2) is 0 Å². The normalized spacial score (nSPS) is 17.0. The molecule has 4 rings (SSSR count). The molecule has 2 N–H and O–H groups in total. The predicted molar refractivity (Wildman–Crippen MR) is 160 cm³/mol. The van der Waals surface area contributed by atoms with Gasteiger partial charge in [-0.15, -0.1) is 0 Å². The second-order valence-electron chi connectivity index (χ2n) is 10.6. The van der Waals surface area contributed by atoms with Gasteiger partial charge < -0.3 is 29.6 Å². The van der Waals surface area contributed by atoms with Crippen LogP contribution in [0.3, 0.4) is 0 Å². The summed E-state index contributed by atoms with van der Waals surface area (Å²) < 4.78 is 67.2. The maximum atomic E-state index is 15.2. The number of likely N-dealkylation sites (tertiary alicyclic amines) is 1. The number of esters is 1. The monoisotopic (exact) mass is 617 g/mol. The van der Waals surface area contributed by atoms with E-state index in [1.165, 1.54) is 25.2 Å². The smallest absolute Gasteiger partial charge is 0.406 e. The van der Waals surface area contributed by atoms with Crippen molar-refractivity contribution in [3.8, 4) is 17.6 Å². The average Bonchev–Trinajstić information content (AvgIpc) is 3.32. The van der Waals surface area contributed by atoms with E-state index >= 15 is 4.39 Å². The Bertz CT molecular complexity index is 1560. The summed E-state index contributed by atoms with van der Waals surface area (Å²) in [5.74, 6) is 5.43. The maximum Gasteiger partial charge on any atom is 0.406 e. The number of piperidine rings is 1. The highest BCUT2D eigenvalue weighted by molar-refractivity contribution is 5.94. The van der Waals surface area contributed by atoms with Crippen molar-refractivity contribution in [1.29, 1.82) is 0 Å². The van der Waals surface area contributed by atoms with Crippen LogP contribution >= 0.6 is 0 Å². The summed E-state index contributed by atoms with van der Waals surface area (Å²) in [7, 11) is 6.00. The van der Waals surface area contributed by atoms with E-state index in [1.807, 2.05) is 0 Å². The molecule has 0 radical (unpaired) electrons. The molecule has 2 atom stereocenters. The van der Waals surface area contributed by atoms with Crippen LogP contribution in [0.25, 0.3) is 10.9 Å². The zero-order valence-electron chi connectivity index (χ0n) is 24.9. The molecule has 1 saturated heterocycles. The van der Waals surface area contributed by atoms with Crippen LogP contribution in [0.1, 0.15) is 22.5 Å². The number of nitrogens with one attached hydrogen (secondary N) is 2. The summed E-state index contributed by atoms with van der Waals surface area (Å²) in [6.07, 6.45) is -5.36. The van der Waals surface area contributed by atoms with Gasteiger partial charge in [0.1, 0.15) is 18.5 Å². The molecule has 0 aliphatic carbocycles. The molecule has 236 valence electrons. The lowest BCUT2D eigenvalue weighted by atomic mass is 10.0. The van der Waals surface area contributed by atoms with E-state index < -0.39 is 30.9 Å². The first-order valence-corrected chi connectivity index (χ1v) is 13.9. The molecule has 0 bridgehead atoms. The second kappa shape index (κ2) is 13.9. The molecule has 2 aromatic carbocycles. The molecule has 1 aliphatic heterocycles. The highest BCUT2D eigenvalue weighted by atomic mass is 19.4. The standard InChI is InChI=1S/C31H35F4N5O4/c1-38(2)29(41)18-39-14-12-25(23(32)17-39)37-24-8-5-9-27-22(24)16-21(40(27)19-31(33,34)35)7-6-13-36-26-11-10-20(30(42)44-4)15-28(26)43-3/h5,8-11,15-16,23,25,36-37H,12-14,17-19H2,1-4H3/t23-,25+/m0/s1.